The Morgan fingerprint density at radius 2 is 2.16 bits per heavy atom. The molecule has 1 aromatic carbocycles. The van der Waals surface area contributed by atoms with Crippen molar-refractivity contribution in [1.29, 1.82) is 0 Å². The monoisotopic (exact) mass is 256 g/mol. The molecule has 0 fully saturated rings. The number of nitrogens with zero attached hydrogens (tertiary/aromatic N) is 4. The maximum Gasteiger partial charge on any atom is 0.244 e. The molecule has 2 heterocycles. The van der Waals surface area contributed by atoms with Gasteiger partial charge in [0.1, 0.15) is 0 Å². The van der Waals surface area contributed by atoms with Crippen molar-refractivity contribution in [3.05, 3.63) is 54.8 Å². The zero-order valence-electron chi connectivity index (χ0n) is 10.1. The van der Waals surface area contributed by atoms with Crippen LogP contribution in [0.25, 0.3) is 5.57 Å². The molecule has 3 rings (SSSR count). The Kier molecular flexibility index (Phi) is 2.95. The minimum absolute atomic E-state index is 0.414. The molecule has 0 spiro atoms. The molecule has 0 amide bonds. The van der Waals surface area contributed by atoms with Gasteiger partial charge in [-0.2, -0.15) is 0 Å². The molecule has 7 nitrogen and oxygen atoms in total. The number of nitrogens with one attached hydrogen (secondary N) is 2. The molecule has 2 N–H and O–H groups in total. The van der Waals surface area contributed by atoms with Crippen LogP contribution in [0.1, 0.15) is 11.5 Å². The largest absolute Gasteiger partial charge is 0.424 e. The Balaban J connectivity index is 1.61. The van der Waals surface area contributed by atoms with Gasteiger partial charge in [-0.3, -0.25) is 5.43 Å². The van der Waals surface area contributed by atoms with Crippen LogP contribution in [0.5, 0.6) is 0 Å². The normalized spacial score (nSPS) is 14.6. The minimum Gasteiger partial charge on any atom is -0.424 e. The second-order valence-corrected chi connectivity index (χ2v) is 3.97. The molecule has 0 unspecified atom stereocenters. The quantitative estimate of drug-likeness (QED) is 0.841. The van der Waals surface area contributed by atoms with Crippen LogP contribution in [0.2, 0.25) is 0 Å². The van der Waals surface area contributed by atoms with Crippen molar-refractivity contribution in [1.82, 2.24) is 26.3 Å². The van der Waals surface area contributed by atoms with E-state index in [0.29, 0.717) is 18.0 Å². The molecule has 0 saturated heterocycles. The van der Waals surface area contributed by atoms with E-state index in [1.807, 2.05) is 30.3 Å². The Hall–Kier alpha value is -2.67. The van der Waals surface area contributed by atoms with Crippen molar-refractivity contribution < 1.29 is 4.42 Å². The van der Waals surface area contributed by atoms with Crippen LogP contribution < -0.4 is 11.0 Å². The highest BCUT2D eigenvalue weighted by Gasteiger charge is 2.18. The number of hydrazone groups is 1. The molecule has 96 valence electrons. The molecule has 0 radical (unpaired) electrons. The van der Waals surface area contributed by atoms with Gasteiger partial charge in [-0.05, 0) is 0 Å². The summed E-state index contributed by atoms with van der Waals surface area (Å²) in [6, 6.07) is 9.83. The smallest absolute Gasteiger partial charge is 0.244 e. The van der Waals surface area contributed by atoms with Gasteiger partial charge in [0.25, 0.3) is 0 Å². The predicted molar refractivity (Wildman–Crippen MR) is 69.3 cm³/mol. The number of hydrazine groups is 2. The first-order valence-corrected chi connectivity index (χ1v) is 5.70. The Bertz CT molecular complexity index is 592. The topological polar surface area (TPSA) is 78.6 Å². The molecule has 0 saturated carbocycles. The van der Waals surface area contributed by atoms with Crippen molar-refractivity contribution in [2.45, 2.75) is 0 Å². The zero-order chi connectivity index (χ0) is 13.1. The first-order chi connectivity index (χ1) is 9.33. The van der Waals surface area contributed by atoms with E-state index >= 15 is 0 Å². The van der Waals surface area contributed by atoms with Crippen LogP contribution in [0.15, 0.2) is 52.8 Å². The number of rotatable bonds is 4. The molecule has 0 bridgehead atoms. The Labute approximate surface area is 109 Å². The predicted octanol–water partition coefficient (Wildman–Crippen LogP) is 0.769. The van der Waals surface area contributed by atoms with Gasteiger partial charge in [-0.25, -0.2) is 5.53 Å². The van der Waals surface area contributed by atoms with Gasteiger partial charge in [0, 0.05) is 11.1 Å². The van der Waals surface area contributed by atoms with Crippen LogP contribution in [-0.2, 0) is 0 Å². The number of hydrogen-bond donors (Lipinski definition) is 2. The van der Waals surface area contributed by atoms with E-state index in [0.717, 1.165) is 11.4 Å². The van der Waals surface area contributed by atoms with E-state index in [2.05, 4.69) is 32.8 Å². The van der Waals surface area contributed by atoms with Gasteiger partial charge in [0.15, 0.2) is 5.84 Å². The fraction of sp³-hybridized carbons (Fsp3) is 0.0833. The van der Waals surface area contributed by atoms with E-state index < -0.39 is 0 Å². The SMILES string of the molecule is C=C(CN1NN=C(c2ccccc2)N1)c1nnco1. The maximum absolute atomic E-state index is 5.08. The third-order valence-electron chi connectivity index (χ3n) is 2.58. The summed E-state index contributed by atoms with van der Waals surface area (Å²) >= 11 is 0. The number of aromatic nitrogens is 2. The van der Waals surface area contributed by atoms with Crippen molar-refractivity contribution in [3.63, 3.8) is 0 Å². The lowest BCUT2D eigenvalue weighted by atomic mass is 10.2. The number of amidine groups is 1. The van der Waals surface area contributed by atoms with Gasteiger partial charge in [-0.1, -0.05) is 36.9 Å². The van der Waals surface area contributed by atoms with Gasteiger partial charge >= 0.3 is 0 Å². The summed E-state index contributed by atoms with van der Waals surface area (Å²) in [5.74, 6) is 1.16. The standard InChI is InChI=1S/C12H12N6O/c1-9(12-15-13-8-19-12)7-18-16-11(14-17-18)10-5-3-2-4-6-10/h2-6,8,17H,1,7H2,(H,14,16). The van der Waals surface area contributed by atoms with Crippen LogP contribution in [0, 0.1) is 0 Å². The third kappa shape index (κ3) is 2.45. The average molecular weight is 256 g/mol. The van der Waals surface area contributed by atoms with Gasteiger partial charge in [0.05, 0.1) is 6.54 Å². The maximum atomic E-state index is 5.08. The summed E-state index contributed by atoms with van der Waals surface area (Å²) in [5.41, 5.74) is 7.68. The molecule has 0 aliphatic carbocycles. The number of hydrogen-bond acceptors (Lipinski definition) is 7. The molecule has 1 aromatic heterocycles. The van der Waals surface area contributed by atoms with Gasteiger partial charge in [-0.15, -0.1) is 20.4 Å². The second kappa shape index (κ2) is 4.91. The zero-order valence-corrected chi connectivity index (χ0v) is 10.1. The van der Waals surface area contributed by atoms with E-state index in [1.54, 1.807) is 5.12 Å². The number of benzene rings is 1. The van der Waals surface area contributed by atoms with Crippen molar-refractivity contribution in [2.24, 2.45) is 5.10 Å². The molecule has 2 aromatic rings. The summed E-state index contributed by atoms with van der Waals surface area (Å²) in [6.45, 7) is 4.35. The highest BCUT2D eigenvalue weighted by Crippen LogP contribution is 2.10. The van der Waals surface area contributed by atoms with Gasteiger partial charge in [0.2, 0.25) is 12.3 Å². The highest BCUT2D eigenvalue weighted by molar-refractivity contribution is 5.98. The van der Waals surface area contributed by atoms with Crippen LogP contribution in [-0.4, -0.2) is 27.7 Å². The summed E-state index contributed by atoms with van der Waals surface area (Å²) in [5, 5.41) is 13.3. The Morgan fingerprint density at radius 3 is 2.89 bits per heavy atom. The van der Waals surface area contributed by atoms with E-state index in [-0.39, 0.29) is 0 Å². The molecular weight excluding hydrogens is 244 g/mol. The highest BCUT2D eigenvalue weighted by atomic mass is 16.4. The first kappa shape index (κ1) is 11.4. The summed E-state index contributed by atoms with van der Waals surface area (Å²) in [4.78, 5) is 0. The fourth-order valence-electron chi connectivity index (χ4n) is 1.67. The van der Waals surface area contributed by atoms with E-state index in [1.165, 1.54) is 6.39 Å². The molecule has 7 heteroatoms. The summed E-state index contributed by atoms with van der Waals surface area (Å²) in [7, 11) is 0. The van der Waals surface area contributed by atoms with Crippen molar-refractivity contribution in [3.8, 4) is 0 Å². The lowest BCUT2D eigenvalue weighted by Crippen LogP contribution is -2.42. The molecule has 0 atom stereocenters. The van der Waals surface area contributed by atoms with Crippen molar-refractivity contribution >= 4 is 11.4 Å². The van der Waals surface area contributed by atoms with E-state index in [4.69, 9.17) is 4.42 Å². The van der Waals surface area contributed by atoms with Crippen LogP contribution in [0.3, 0.4) is 0 Å². The first-order valence-electron chi connectivity index (χ1n) is 5.70. The second-order valence-electron chi connectivity index (χ2n) is 3.97. The molecule has 1 aliphatic rings. The molecule has 1 aliphatic heterocycles. The Morgan fingerprint density at radius 1 is 1.32 bits per heavy atom. The molecular formula is C12H12N6O. The summed E-state index contributed by atoms with van der Waals surface area (Å²) < 4.78 is 5.08. The minimum atomic E-state index is 0.414. The fourth-order valence-corrected chi connectivity index (χ4v) is 1.67. The average Bonchev–Trinajstić information content (AvgIpc) is 3.11. The third-order valence-corrected chi connectivity index (χ3v) is 2.58. The molecule has 19 heavy (non-hydrogen) atoms. The van der Waals surface area contributed by atoms with Crippen LogP contribution >= 0.6 is 0 Å². The van der Waals surface area contributed by atoms with Gasteiger partial charge < -0.3 is 4.42 Å². The van der Waals surface area contributed by atoms with Crippen LogP contribution in [0.4, 0.5) is 0 Å². The summed E-state index contributed by atoms with van der Waals surface area (Å²) in [6.07, 6.45) is 1.28. The lowest BCUT2D eigenvalue weighted by Gasteiger charge is -2.15. The van der Waals surface area contributed by atoms with Crippen molar-refractivity contribution in [2.75, 3.05) is 6.54 Å². The lowest BCUT2D eigenvalue weighted by molar-refractivity contribution is 0.206. The van der Waals surface area contributed by atoms with E-state index in [9.17, 15) is 0 Å².